The van der Waals surface area contributed by atoms with E-state index in [0.717, 1.165) is 5.69 Å². The number of aldehydes is 1. The summed E-state index contributed by atoms with van der Waals surface area (Å²) < 4.78 is 5.40. The maximum atomic E-state index is 12.1. The first kappa shape index (κ1) is 16.8. The van der Waals surface area contributed by atoms with Crippen molar-refractivity contribution in [3.63, 3.8) is 0 Å². The second-order valence-corrected chi connectivity index (χ2v) is 5.48. The van der Waals surface area contributed by atoms with Crippen molar-refractivity contribution in [2.24, 2.45) is 0 Å². The Labute approximate surface area is 139 Å². The molecule has 23 heavy (non-hydrogen) atoms. The van der Waals surface area contributed by atoms with Gasteiger partial charge < -0.3 is 15.0 Å². The smallest absolute Gasteiger partial charge is 0.262 e. The highest BCUT2D eigenvalue weighted by molar-refractivity contribution is 6.31. The number of hydrogen-bond donors (Lipinski definition) is 1. The predicted molar refractivity (Wildman–Crippen MR) is 91.7 cm³/mol. The number of nitrogens with one attached hydrogen (secondary N) is 1. The first-order valence-electron chi connectivity index (χ1n) is 6.95. The van der Waals surface area contributed by atoms with Gasteiger partial charge in [0.25, 0.3) is 5.91 Å². The Morgan fingerprint density at radius 1 is 1.26 bits per heavy atom. The number of anilines is 2. The summed E-state index contributed by atoms with van der Waals surface area (Å²) in [6.45, 7) is -0.204. The van der Waals surface area contributed by atoms with E-state index in [1.165, 1.54) is 0 Å². The molecule has 2 aromatic rings. The molecule has 0 aliphatic carbocycles. The van der Waals surface area contributed by atoms with E-state index in [2.05, 4.69) is 5.32 Å². The summed E-state index contributed by atoms with van der Waals surface area (Å²) in [5.74, 6) is 0.0349. The standard InChI is InChI=1S/C17H17ClN2O3/c1-20(2)15-8-7-13(18)9-14(15)19-17(22)11-23-16-6-4-3-5-12(16)10-21/h3-10H,11H2,1-2H3,(H,19,22). The fourth-order valence-electron chi connectivity index (χ4n) is 2.04. The molecular formula is C17H17ClN2O3. The molecule has 5 nitrogen and oxygen atoms in total. The molecule has 0 heterocycles. The molecule has 2 aromatic carbocycles. The van der Waals surface area contributed by atoms with Crippen LogP contribution < -0.4 is 15.0 Å². The molecule has 0 radical (unpaired) electrons. The van der Waals surface area contributed by atoms with Crippen LogP contribution in [0.1, 0.15) is 10.4 Å². The van der Waals surface area contributed by atoms with E-state index in [1.807, 2.05) is 25.1 Å². The van der Waals surface area contributed by atoms with E-state index in [1.54, 1.807) is 36.4 Å². The van der Waals surface area contributed by atoms with Crippen molar-refractivity contribution in [1.82, 2.24) is 0 Å². The normalized spacial score (nSPS) is 10.0. The number of carbonyl (C=O) groups excluding carboxylic acids is 2. The molecule has 0 aliphatic rings. The largest absolute Gasteiger partial charge is 0.483 e. The minimum absolute atomic E-state index is 0.204. The number of para-hydroxylation sites is 1. The van der Waals surface area contributed by atoms with Crippen molar-refractivity contribution in [1.29, 1.82) is 0 Å². The molecule has 0 spiro atoms. The van der Waals surface area contributed by atoms with Crippen LogP contribution in [0.3, 0.4) is 0 Å². The fourth-order valence-corrected chi connectivity index (χ4v) is 2.21. The molecule has 0 aliphatic heterocycles. The van der Waals surface area contributed by atoms with Gasteiger partial charge in [-0.1, -0.05) is 23.7 Å². The average molecular weight is 333 g/mol. The third kappa shape index (κ3) is 4.47. The fraction of sp³-hybridized carbons (Fsp3) is 0.176. The molecule has 0 bridgehead atoms. The van der Waals surface area contributed by atoms with Gasteiger partial charge in [-0.25, -0.2) is 0 Å². The van der Waals surface area contributed by atoms with Crippen LogP contribution in [0.5, 0.6) is 5.75 Å². The molecule has 0 saturated heterocycles. The van der Waals surface area contributed by atoms with Gasteiger partial charge in [0.1, 0.15) is 5.75 Å². The van der Waals surface area contributed by atoms with Crippen LogP contribution in [0.15, 0.2) is 42.5 Å². The summed E-state index contributed by atoms with van der Waals surface area (Å²) in [6, 6.07) is 12.0. The Morgan fingerprint density at radius 3 is 2.70 bits per heavy atom. The second-order valence-electron chi connectivity index (χ2n) is 5.05. The number of amides is 1. The van der Waals surface area contributed by atoms with Gasteiger partial charge in [0.15, 0.2) is 12.9 Å². The van der Waals surface area contributed by atoms with E-state index < -0.39 is 0 Å². The van der Waals surface area contributed by atoms with Crippen LogP contribution in [-0.2, 0) is 4.79 Å². The zero-order valence-corrected chi connectivity index (χ0v) is 13.6. The van der Waals surface area contributed by atoms with Crippen molar-refractivity contribution < 1.29 is 14.3 Å². The maximum Gasteiger partial charge on any atom is 0.262 e. The molecule has 0 atom stereocenters. The number of nitrogens with zero attached hydrogens (tertiary/aromatic N) is 1. The van der Waals surface area contributed by atoms with Gasteiger partial charge in [0.2, 0.25) is 0 Å². The van der Waals surface area contributed by atoms with Crippen LogP contribution >= 0.6 is 11.6 Å². The van der Waals surface area contributed by atoms with E-state index in [0.29, 0.717) is 28.3 Å². The van der Waals surface area contributed by atoms with Gasteiger partial charge in [-0.15, -0.1) is 0 Å². The minimum Gasteiger partial charge on any atom is -0.483 e. The SMILES string of the molecule is CN(C)c1ccc(Cl)cc1NC(=O)COc1ccccc1C=O. The van der Waals surface area contributed by atoms with Crippen LogP contribution in [0.2, 0.25) is 5.02 Å². The first-order valence-corrected chi connectivity index (χ1v) is 7.33. The Balaban J connectivity index is 2.05. The predicted octanol–water partition coefficient (Wildman–Crippen LogP) is 3.24. The monoisotopic (exact) mass is 332 g/mol. The molecular weight excluding hydrogens is 316 g/mol. The molecule has 120 valence electrons. The van der Waals surface area contributed by atoms with E-state index in [4.69, 9.17) is 16.3 Å². The highest BCUT2D eigenvalue weighted by Gasteiger charge is 2.11. The molecule has 0 unspecified atom stereocenters. The highest BCUT2D eigenvalue weighted by Crippen LogP contribution is 2.27. The average Bonchev–Trinajstić information content (AvgIpc) is 2.53. The van der Waals surface area contributed by atoms with Crippen LogP contribution in [0.4, 0.5) is 11.4 Å². The van der Waals surface area contributed by atoms with E-state index in [-0.39, 0.29) is 12.5 Å². The molecule has 0 saturated carbocycles. The number of ether oxygens (including phenoxy) is 1. The molecule has 0 fully saturated rings. The van der Waals surface area contributed by atoms with Crippen LogP contribution in [0.25, 0.3) is 0 Å². The van der Waals surface area contributed by atoms with Gasteiger partial charge >= 0.3 is 0 Å². The van der Waals surface area contributed by atoms with Gasteiger partial charge in [-0.2, -0.15) is 0 Å². The summed E-state index contributed by atoms with van der Waals surface area (Å²) in [6.07, 6.45) is 0.689. The topological polar surface area (TPSA) is 58.6 Å². The number of hydrogen-bond acceptors (Lipinski definition) is 4. The zero-order valence-electron chi connectivity index (χ0n) is 12.9. The van der Waals surface area contributed by atoms with Gasteiger partial charge in [-0.05, 0) is 30.3 Å². The summed E-state index contributed by atoms with van der Waals surface area (Å²) in [5, 5.41) is 3.29. The lowest BCUT2D eigenvalue weighted by atomic mass is 10.2. The molecule has 1 N–H and O–H groups in total. The molecule has 1 amide bonds. The van der Waals surface area contributed by atoms with Crippen molar-refractivity contribution in [2.45, 2.75) is 0 Å². The lowest BCUT2D eigenvalue weighted by Crippen LogP contribution is -2.22. The van der Waals surface area contributed by atoms with Gasteiger partial charge in [0, 0.05) is 19.1 Å². The second kappa shape index (κ2) is 7.65. The summed E-state index contributed by atoms with van der Waals surface area (Å²) in [5.41, 5.74) is 1.83. The number of benzene rings is 2. The molecule has 2 rings (SSSR count). The molecule has 6 heteroatoms. The first-order chi connectivity index (χ1) is 11.0. The van der Waals surface area contributed by atoms with Gasteiger partial charge in [-0.3, -0.25) is 9.59 Å². The highest BCUT2D eigenvalue weighted by atomic mass is 35.5. The Morgan fingerprint density at radius 2 is 2.00 bits per heavy atom. The van der Waals surface area contributed by atoms with Crippen molar-refractivity contribution in [2.75, 3.05) is 30.9 Å². The van der Waals surface area contributed by atoms with E-state index >= 15 is 0 Å². The van der Waals surface area contributed by atoms with Crippen molar-refractivity contribution >= 4 is 35.2 Å². The summed E-state index contributed by atoms with van der Waals surface area (Å²) >= 11 is 5.98. The summed E-state index contributed by atoms with van der Waals surface area (Å²) in [7, 11) is 3.74. The number of rotatable bonds is 6. The zero-order chi connectivity index (χ0) is 16.8. The quantitative estimate of drug-likeness (QED) is 0.825. The third-order valence-corrected chi connectivity index (χ3v) is 3.35. The van der Waals surface area contributed by atoms with Crippen molar-refractivity contribution in [3.05, 3.63) is 53.1 Å². The van der Waals surface area contributed by atoms with Gasteiger partial charge in [0.05, 0.1) is 16.9 Å². The lowest BCUT2D eigenvalue weighted by molar-refractivity contribution is -0.118. The Bertz CT molecular complexity index is 717. The lowest BCUT2D eigenvalue weighted by Gasteiger charge is -2.18. The summed E-state index contributed by atoms with van der Waals surface area (Å²) in [4.78, 5) is 24.9. The number of halogens is 1. The Kier molecular flexibility index (Phi) is 5.60. The van der Waals surface area contributed by atoms with Crippen molar-refractivity contribution in [3.8, 4) is 5.75 Å². The minimum atomic E-state index is -0.337. The van der Waals surface area contributed by atoms with Crippen LogP contribution in [0, 0.1) is 0 Å². The van der Waals surface area contributed by atoms with Crippen LogP contribution in [-0.4, -0.2) is 32.9 Å². The maximum absolute atomic E-state index is 12.1. The van der Waals surface area contributed by atoms with E-state index in [9.17, 15) is 9.59 Å². The Hall–Kier alpha value is -2.53. The third-order valence-electron chi connectivity index (χ3n) is 3.12. The molecule has 0 aromatic heterocycles. The number of carbonyl (C=O) groups is 2.